The van der Waals surface area contributed by atoms with Crippen molar-refractivity contribution in [2.45, 2.75) is 46.0 Å². The molecule has 1 rings (SSSR count). The number of hydrogen-bond donors (Lipinski definition) is 0. The Hall–Kier alpha value is -1.35. The molecule has 0 aliphatic carbocycles. The van der Waals surface area contributed by atoms with Crippen LogP contribution in [0.15, 0.2) is 24.3 Å². The van der Waals surface area contributed by atoms with Gasteiger partial charge in [0.2, 0.25) is 0 Å². The molecule has 0 amide bonds. The zero-order valence-corrected chi connectivity index (χ0v) is 11.4. The third-order valence-electron chi connectivity index (χ3n) is 2.78. The van der Waals surface area contributed by atoms with E-state index < -0.39 is 5.97 Å². The molecule has 0 aliphatic heterocycles. The van der Waals surface area contributed by atoms with Gasteiger partial charge in [-0.05, 0) is 30.0 Å². The molecule has 0 atom stereocenters. The lowest BCUT2D eigenvalue weighted by atomic mass is 10.0. The maximum absolute atomic E-state index is 11.6. The zero-order chi connectivity index (χ0) is 13.4. The first kappa shape index (κ1) is 14.7. The van der Waals surface area contributed by atoms with Crippen molar-refractivity contribution in [1.29, 1.82) is 0 Å². The minimum absolute atomic E-state index is 0.429. The van der Waals surface area contributed by atoms with E-state index in [1.54, 1.807) is 12.1 Å². The van der Waals surface area contributed by atoms with E-state index in [2.05, 4.69) is 20.8 Å². The molecule has 0 unspecified atom stereocenters. The lowest BCUT2D eigenvalue weighted by molar-refractivity contribution is -0.241. The third-order valence-corrected chi connectivity index (χ3v) is 2.78. The van der Waals surface area contributed by atoms with Gasteiger partial charge < -0.3 is 0 Å². The van der Waals surface area contributed by atoms with Crippen LogP contribution in [0, 0.1) is 0 Å². The molecule has 0 heterocycles. The van der Waals surface area contributed by atoms with E-state index in [0.717, 1.165) is 19.3 Å². The maximum Gasteiger partial charge on any atom is 0.373 e. The van der Waals surface area contributed by atoms with Gasteiger partial charge in [0, 0.05) is 0 Å². The predicted octanol–water partition coefficient (Wildman–Crippen LogP) is 4.09. The van der Waals surface area contributed by atoms with Crippen LogP contribution >= 0.6 is 0 Å². The van der Waals surface area contributed by atoms with Crippen molar-refractivity contribution < 1.29 is 14.6 Å². The molecule has 3 nitrogen and oxygen atoms in total. The Morgan fingerprint density at radius 3 is 2.39 bits per heavy atom. The summed E-state index contributed by atoms with van der Waals surface area (Å²) >= 11 is 0. The van der Waals surface area contributed by atoms with E-state index in [1.807, 2.05) is 12.1 Å². The summed E-state index contributed by atoms with van der Waals surface area (Å²) in [6.07, 6.45) is 3.12. The summed E-state index contributed by atoms with van der Waals surface area (Å²) in [5, 5.41) is 0. The van der Waals surface area contributed by atoms with Crippen LogP contribution in [-0.2, 0) is 9.78 Å². The fraction of sp³-hybridized carbons (Fsp3) is 0.533. The Bertz CT molecular complexity index is 355. The molecule has 0 bridgehead atoms. The molecule has 0 N–H and O–H groups in total. The second-order valence-electron chi connectivity index (χ2n) is 4.68. The molecule has 3 heteroatoms. The molecule has 18 heavy (non-hydrogen) atoms. The molecular formula is C15H22O3. The van der Waals surface area contributed by atoms with Crippen LogP contribution in [-0.4, -0.2) is 12.6 Å². The van der Waals surface area contributed by atoms with Crippen LogP contribution in [0.1, 0.15) is 61.9 Å². The topological polar surface area (TPSA) is 35.5 Å². The average Bonchev–Trinajstić information content (AvgIpc) is 2.38. The van der Waals surface area contributed by atoms with Gasteiger partial charge in [-0.25, -0.2) is 4.79 Å². The summed E-state index contributed by atoms with van der Waals surface area (Å²) < 4.78 is 0. The van der Waals surface area contributed by atoms with E-state index in [0.29, 0.717) is 18.1 Å². The molecule has 0 aromatic heterocycles. The molecule has 1 aromatic rings. The number of carbonyl (C=O) groups is 1. The summed E-state index contributed by atoms with van der Waals surface area (Å²) in [5.74, 6) is 0.0298. The number of benzene rings is 1. The van der Waals surface area contributed by atoms with Crippen LogP contribution in [0.4, 0.5) is 0 Å². The van der Waals surface area contributed by atoms with Gasteiger partial charge in [0.1, 0.15) is 0 Å². The molecule has 100 valence electrons. The largest absolute Gasteiger partial charge is 0.373 e. The Kier molecular flexibility index (Phi) is 6.44. The van der Waals surface area contributed by atoms with E-state index in [-0.39, 0.29) is 0 Å². The Morgan fingerprint density at radius 1 is 1.17 bits per heavy atom. The zero-order valence-electron chi connectivity index (χ0n) is 11.4. The van der Waals surface area contributed by atoms with Gasteiger partial charge in [-0.15, -0.1) is 0 Å². The molecule has 0 spiro atoms. The highest BCUT2D eigenvalue weighted by Crippen LogP contribution is 2.15. The Balaban J connectivity index is 2.37. The van der Waals surface area contributed by atoms with Gasteiger partial charge in [-0.2, -0.15) is 4.89 Å². The van der Waals surface area contributed by atoms with Gasteiger partial charge in [-0.3, -0.25) is 4.89 Å². The number of unbranched alkanes of at least 4 members (excludes halogenated alkanes) is 2. The highest BCUT2D eigenvalue weighted by molar-refractivity contribution is 5.88. The van der Waals surface area contributed by atoms with Crippen LogP contribution in [0.25, 0.3) is 0 Å². The summed E-state index contributed by atoms with van der Waals surface area (Å²) in [4.78, 5) is 21.2. The van der Waals surface area contributed by atoms with E-state index >= 15 is 0 Å². The monoisotopic (exact) mass is 250 g/mol. The summed E-state index contributed by atoms with van der Waals surface area (Å²) in [6, 6.07) is 7.43. The third kappa shape index (κ3) is 4.88. The summed E-state index contributed by atoms with van der Waals surface area (Å²) in [6.45, 7) is 6.81. The number of rotatable bonds is 7. The van der Waals surface area contributed by atoms with E-state index in [4.69, 9.17) is 9.78 Å². The van der Waals surface area contributed by atoms with Crippen molar-refractivity contribution >= 4 is 5.97 Å². The predicted molar refractivity (Wildman–Crippen MR) is 71.4 cm³/mol. The van der Waals surface area contributed by atoms with E-state index in [1.165, 1.54) is 5.56 Å². The van der Waals surface area contributed by atoms with Crippen LogP contribution in [0.3, 0.4) is 0 Å². The van der Waals surface area contributed by atoms with Crippen molar-refractivity contribution in [2.24, 2.45) is 0 Å². The van der Waals surface area contributed by atoms with Gasteiger partial charge in [0.25, 0.3) is 0 Å². The van der Waals surface area contributed by atoms with Gasteiger partial charge in [-0.1, -0.05) is 45.7 Å². The minimum Gasteiger partial charge on any atom is -0.293 e. The van der Waals surface area contributed by atoms with Gasteiger partial charge in [0.05, 0.1) is 12.2 Å². The molecule has 0 saturated carbocycles. The normalized spacial score (nSPS) is 10.7. The maximum atomic E-state index is 11.6. The summed E-state index contributed by atoms with van der Waals surface area (Å²) in [5.41, 5.74) is 1.73. The highest BCUT2D eigenvalue weighted by Gasteiger charge is 2.08. The van der Waals surface area contributed by atoms with E-state index in [9.17, 15) is 4.79 Å². The lowest BCUT2D eigenvalue weighted by Crippen LogP contribution is -2.07. The SMILES string of the molecule is CCCCCOOC(=O)c1ccc(C(C)C)cc1. The fourth-order valence-electron chi connectivity index (χ4n) is 1.56. The average molecular weight is 250 g/mol. The smallest absolute Gasteiger partial charge is 0.293 e. The van der Waals surface area contributed by atoms with Crippen LogP contribution in [0.2, 0.25) is 0 Å². The Morgan fingerprint density at radius 2 is 1.83 bits per heavy atom. The van der Waals surface area contributed by atoms with Crippen LogP contribution in [0.5, 0.6) is 0 Å². The van der Waals surface area contributed by atoms with Crippen molar-refractivity contribution in [1.82, 2.24) is 0 Å². The molecule has 1 aromatic carbocycles. The fourth-order valence-corrected chi connectivity index (χ4v) is 1.56. The molecule has 0 saturated heterocycles. The van der Waals surface area contributed by atoms with Crippen LogP contribution < -0.4 is 0 Å². The first-order valence-electron chi connectivity index (χ1n) is 6.59. The molecule has 0 radical (unpaired) electrons. The molecular weight excluding hydrogens is 228 g/mol. The van der Waals surface area contributed by atoms with Gasteiger partial charge >= 0.3 is 5.97 Å². The molecule has 0 fully saturated rings. The van der Waals surface area contributed by atoms with Crippen molar-refractivity contribution in [3.05, 3.63) is 35.4 Å². The standard InChI is InChI=1S/C15H22O3/c1-4-5-6-11-17-18-15(16)14-9-7-13(8-10-14)12(2)3/h7-10,12H,4-6,11H2,1-3H3. The molecule has 0 aliphatic rings. The Labute approximate surface area is 109 Å². The second-order valence-corrected chi connectivity index (χ2v) is 4.68. The van der Waals surface area contributed by atoms with Crippen molar-refractivity contribution in [3.63, 3.8) is 0 Å². The highest BCUT2D eigenvalue weighted by atomic mass is 17.2. The minimum atomic E-state index is -0.429. The van der Waals surface area contributed by atoms with Crippen molar-refractivity contribution in [3.8, 4) is 0 Å². The van der Waals surface area contributed by atoms with Gasteiger partial charge in [0.15, 0.2) is 0 Å². The number of hydrogen-bond acceptors (Lipinski definition) is 3. The first-order valence-corrected chi connectivity index (χ1v) is 6.59. The first-order chi connectivity index (χ1) is 8.65. The lowest BCUT2D eigenvalue weighted by Gasteiger charge is -2.06. The summed E-state index contributed by atoms with van der Waals surface area (Å²) in [7, 11) is 0. The second kappa shape index (κ2) is 7.88. The van der Waals surface area contributed by atoms with Crippen molar-refractivity contribution in [2.75, 3.05) is 6.61 Å². The quantitative estimate of drug-likeness (QED) is 0.415. The number of carbonyl (C=O) groups excluding carboxylic acids is 1.